The van der Waals surface area contributed by atoms with Crippen molar-refractivity contribution in [1.29, 1.82) is 0 Å². The number of anilines is 1. The number of hydrogen-bond donors (Lipinski definition) is 2. The van der Waals surface area contributed by atoms with Crippen molar-refractivity contribution in [2.75, 3.05) is 11.9 Å². The van der Waals surface area contributed by atoms with Gasteiger partial charge >= 0.3 is 0 Å². The number of pyridine rings is 1. The Hall–Kier alpha value is -0.980. The third-order valence-corrected chi connectivity index (χ3v) is 3.28. The van der Waals surface area contributed by atoms with Gasteiger partial charge in [0.1, 0.15) is 5.52 Å². The Labute approximate surface area is 124 Å². The smallest absolute Gasteiger partial charge is 0.225 e. The number of fused-ring (bicyclic) bond motifs is 1. The summed E-state index contributed by atoms with van der Waals surface area (Å²) in [5, 5.41) is 12.7. The molecule has 0 bridgehead atoms. The quantitative estimate of drug-likeness (QED) is 0.815. The van der Waals surface area contributed by atoms with Crippen molar-refractivity contribution >= 4 is 44.4 Å². The van der Waals surface area contributed by atoms with Crippen LogP contribution in [0, 0.1) is 0 Å². The summed E-state index contributed by atoms with van der Waals surface area (Å²) in [6, 6.07) is 1.76. The molecular formula is C12H14BrClN4O. The highest BCUT2D eigenvalue weighted by molar-refractivity contribution is 9.10. The fourth-order valence-electron chi connectivity index (χ4n) is 1.82. The molecule has 2 rings (SSSR count). The Kier molecular flexibility index (Phi) is 4.90. The number of nitrogens with one attached hydrogen (secondary N) is 1. The monoisotopic (exact) mass is 344 g/mol. The Morgan fingerprint density at radius 1 is 1.47 bits per heavy atom. The zero-order chi connectivity index (χ0) is 13.8. The second kappa shape index (κ2) is 6.45. The Morgan fingerprint density at radius 3 is 2.95 bits per heavy atom. The third kappa shape index (κ3) is 3.52. The van der Waals surface area contributed by atoms with Gasteiger partial charge in [-0.3, -0.25) is 0 Å². The maximum atomic E-state index is 9.34. The van der Waals surface area contributed by atoms with Crippen LogP contribution in [0.1, 0.15) is 19.8 Å². The van der Waals surface area contributed by atoms with E-state index < -0.39 is 0 Å². The van der Waals surface area contributed by atoms with E-state index in [1.54, 1.807) is 6.20 Å². The molecule has 0 fully saturated rings. The summed E-state index contributed by atoms with van der Waals surface area (Å²) in [5.74, 6) is 0.551. The standard InChI is InChI=1S/C12H14BrClN4O/c1-2-3-8(6-19)16-11-10-9(17-12(14)18-11)4-7(13)5-15-10/h4-5,8,19H,2-3,6H2,1H3,(H,16,17,18)/t8-/m0/s1. The molecule has 0 amide bonds. The van der Waals surface area contributed by atoms with E-state index in [2.05, 4.69) is 43.1 Å². The Balaban J connectivity index is 2.41. The molecule has 2 N–H and O–H groups in total. The summed E-state index contributed by atoms with van der Waals surface area (Å²) in [4.78, 5) is 12.6. The first-order chi connectivity index (χ1) is 9.13. The molecule has 0 saturated carbocycles. The van der Waals surface area contributed by atoms with E-state index in [9.17, 15) is 5.11 Å². The second-order valence-electron chi connectivity index (χ2n) is 4.18. The lowest BCUT2D eigenvalue weighted by molar-refractivity contribution is 0.268. The van der Waals surface area contributed by atoms with Crippen LogP contribution in [-0.2, 0) is 0 Å². The van der Waals surface area contributed by atoms with Crippen molar-refractivity contribution < 1.29 is 5.11 Å². The summed E-state index contributed by atoms with van der Waals surface area (Å²) in [7, 11) is 0. The topological polar surface area (TPSA) is 70.9 Å². The molecular weight excluding hydrogens is 332 g/mol. The van der Waals surface area contributed by atoms with E-state index in [1.165, 1.54) is 0 Å². The second-order valence-corrected chi connectivity index (χ2v) is 5.43. The van der Waals surface area contributed by atoms with Gasteiger partial charge in [-0.05, 0) is 40.0 Å². The fraction of sp³-hybridized carbons (Fsp3) is 0.417. The Morgan fingerprint density at radius 2 is 2.26 bits per heavy atom. The molecule has 19 heavy (non-hydrogen) atoms. The molecule has 1 atom stereocenters. The average molecular weight is 346 g/mol. The molecule has 5 nitrogen and oxygen atoms in total. The summed E-state index contributed by atoms with van der Waals surface area (Å²) in [6.07, 6.45) is 3.49. The maximum absolute atomic E-state index is 9.34. The number of aliphatic hydroxyl groups is 1. The van der Waals surface area contributed by atoms with Crippen LogP contribution in [0.3, 0.4) is 0 Å². The number of halogens is 2. The van der Waals surface area contributed by atoms with Gasteiger partial charge in [0.25, 0.3) is 0 Å². The molecule has 2 aromatic heterocycles. The number of nitrogens with zero attached hydrogens (tertiary/aromatic N) is 3. The summed E-state index contributed by atoms with van der Waals surface area (Å²) >= 11 is 9.26. The lowest BCUT2D eigenvalue weighted by Crippen LogP contribution is -2.24. The van der Waals surface area contributed by atoms with E-state index in [4.69, 9.17) is 11.6 Å². The Bertz CT molecular complexity index is 576. The molecule has 102 valence electrons. The van der Waals surface area contributed by atoms with Gasteiger partial charge in [0.05, 0.1) is 18.2 Å². The number of aliphatic hydroxyl groups excluding tert-OH is 1. The van der Waals surface area contributed by atoms with Gasteiger partial charge < -0.3 is 10.4 Å². The first-order valence-corrected chi connectivity index (χ1v) is 7.17. The van der Waals surface area contributed by atoms with Crippen molar-refractivity contribution in [3.8, 4) is 0 Å². The molecule has 7 heteroatoms. The molecule has 0 aliphatic carbocycles. The van der Waals surface area contributed by atoms with Gasteiger partial charge in [-0.2, -0.15) is 4.98 Å². The van der Waals surface area contributed by atoms with Crippen molar-refractivity contribution in [3.63, 3.8) is 0 Å². The minimum atomic E-state index is -0.0652. The number of hydrogen-bond acceptors (Lipinski definition) is 5. The van der Waals surface area contributed by atoms with E-state index >= 15 is 0 Å². The van der Waals surface area contributed by atoms with Gasteiger partial charge in [0, 0.05) is 10.7 Å². The van der Waals surface area contributed by atoms with E-state index in [-0.39, 0.29) is 17.9 Å². The van der Waals surface area contributed by atoms with Gasteiger partial charge in [0.2, 0.25) is 5.28 Å². The highest BCUT2D eigenvalue weighted by Crippen LogP contribution is 2.23. The van der Waals surface area contributed by atoms with Gasteiger partial charge in [-0.25, -0.2) is 9.97 Å². The summed E-state index contributed by atoms with van der Waals surface area (Å²) < 4.78 is 0.827. The molecule has 0 spiro atoms. The largest absolute Gasteiger partial charge is 0.394 e. The molecule has 2 aromatic rings. The molecule has 0 aliphatic heterocycles. The first-order valence-electron chi connectivity index (χ1n) is 6.00. The molecule has 0 unspecified atom stereocenters. The molecule has 2 heterocycles. The van der Waals surface area contributed by atoms with Crippen molar-refractivity contribution in [2.45, 2.75) is 25.8 Å². The highest BCUT2D eigenvalue weighted by Gasteiger charge is 2.13. The predicted octanol–water partition coefficient (Wildman–Crippen LogP) is 3.01. The number of aromatic nitrogens is 3. The average Bonchev–Trinajstić information content (AvgIpc) is 2.37. The van der Waals surface area contributed by atoms with Crippen LogP contribution < -0.4 is 5.32 Å². The van der Waals surface area contributed by atoms with Crippen LogP contribution in [0.2, 0.25) is 5.28 Å². The van der Waals surface area contributed by atoms with Crippen LogP contribution in [0.15, 0.2) is 16.7 Å². The van der Waals surface area contributed by atoms with Crippen LogP contribution in [-0.4, -0.2) is 32.7 Å². The first kappa shape index (κ1) is 14.4. The zero-order valence-corrected chi connectivity index (χ0v) is 12.7. The van der Waals surface area contributed by atoms with Crippen LogP contribution >= 0.6 is 27.5 Å². The van der Waals surface area contributed by atoms with Crippen LogP contribution in [0.5, 0.6) is 0 Å². The number of rotatable bonds is 5. The minimum Gasteiger partial charge on any atom is -0.394 e. The van der Waals surface area contributed by atoms with E-state index in [0.717, 1.165) is 17.3 Å². The van der Waals surface area contributed by atoms with Gasteiger partial charge in [-0.15, -0.1) is 0 Å². The molecule has 0 aliphatic rings. The van der Waals surface area contributed by atoms with Crippen molar-refractivity contribution in [3.05, 3.63) is 22.0 Å². The minimum absolute atomic E-state index is 0.0352. The van der Waals surface area contributed by atoms with E-state index in [0.29, 0.717) is 16.9 Å². The van der Waals surface area contributed by atoms with E-state index in [1.807, 2.05) is 6.07 Å². The zero-order valence-electron chi connectivity index (χ0n) is 10.4. The van der Waals surface area contributed by atoms with Crippen molar-refractivity contribution in [1.82, 2.24) is 15.0 Å². The van der Waals surface area contributed by atoms with Crippen LogP contribution in [0.4, 0.5) is 5.82 Å². The lowest BCUT2D eigenvalue weighted by Gasteiger charge is -2.16. The highest BCUT2D eigenvalue weighted by atomic mass is 79.9. The summed E-state index contributed by atoms with van der Waals surface area (Å²) in [5.41, 5.74) is 1.30. The SMILES string of the molecule is CCC[C@@H](CO)Nc1nc(Cl)nc2cc(Br)cnc12. The molecule has 0 radical (unpaired) electrons. The fourth-order valence-corrected chi connectivity index (χ4v) is 2.31. The van der Waals surface area contributed by atoms with Crippen molar-refractivity contribution in [2.24, 2.45) is 0 Å². The van der Waals surface area contributed by atoms with Gasteiger partial charge in [-0.1, -0.05) is 13.3 Å². The van der Waals surface area contributed by atoms with Gasteiger partial charge in [0.15, 0.2) is 5.82 Å². The predicted molar refractivity (Wildman–Crippen MR) is 79.4 cm³/mol. The lowest BCUT2D eigenvalue weighted by atomic mass is 10.2. The molecule has 0 aromatic carbocycles. The normalized spacial score (nSPS) is 12.6. The third-order valence-electron chi connectivity index (χ3n) is 2.67. The maximum Gasteiger partial charge on any atom is 0.225 e. The van der Waals surface area contributed by atoms with Crippen LogP contribution in [0.25, 0.3) is 11.0 Å². The molecule has 0 saturated heterocycles. The summed E-state index contributed by atoms with van der Waals surface area (Å²) in [6.45, 7) is 2.10.